The average molecular weight is 447 g/mol. The van der Waals surface area contributed by atoms with E-state index in [2.05, 4.69) is 17.3 Å². The van der Waals surface area contributed by atoms with Crippen LogP contribution in [0.25, 0.3) is 11.1 Å². The lowest BCUT2D eigenvalue weighted by atomic mass is 9.99. The Morgan fingerprint density at radius 1 is 0.848 bits per heavy atom. The Labute approximate surface area is 191 Å². The molecule has 0 radical (unpaired) electrons. The molecule has 0 amide bonds. The van der Waals surface area contributed by atoms with Crippen LogP contribution in [-0.4, -0.2) is 41.1 Å². The van der Waals surface area contributed by atoms with Crippen LogP contribution in [0.3, 0.4) is 0 Å². The van der Waals surface area contributed by atoms with E-state index in [1.807, 2.05) is 49.4 Å². The number of carboxylic acids is 2. The van der Waals surface area contributed by atoms with Crippen molar-refractivity contribution in [3.63, 3.8) is 0 Å². The number of benzene rings is 3. The molecule has 0 aromatic heterocycles. The van der Waals surface area contributed by atoms with Gasteiger partial charge in [-0.3, -0.25) is 9.59 Å². The summed E-state index contributed by atoms with van der Waals surface area (Å²) in [5, 5.41) is 22.5. The van der Waals surface area contributed by atoms with Gasteiger partial charge in [0.25, 0.3) is 0 Å². The first kappa shape index (κ1) is 23.5. The molecule has 0 fully saturated rings. The van der Waals surface area contributed by atoms with Crippen LogP contribution < -0.4 is 4.74 Å². The number of carboxylic acid groups (broad SMARTS) is 2. The topological polar surface area (TPSA) is 105 Å². The van der Waals surface area contributed by atoms with Crippen LogP contribution in [0.15, 0.2) is 84.0 Å². The Bertz CT molecular complexity index is 1100. The minimum atomic E-state index is -1.64. The molecule has 0 aliphatic heterocycles. The molecule has 2 N–H and O–H groups in total. The Morgan fingerprint density at radius 3 is 2.15 bits per heavy atom. The fourth-order valence-corrected chi connectivity index (χ4v) is 3.30. The number of oxime groups is 1. The molecular formula is C26H25NO6. The van der Waals surface area contributed by atoms with Crippen molar-refractivity contribution in [2.45, 2.75) is 19.3 Å². The van der Waals surface area contributed by atoms with Crippen molar-refractivity contribution in [3.05, 3.63) is 90.0 Å². The largest absolute Gasteiger partial charge is 0.490 e. The summed E-state index contributed by atoms with van der Waals surface area (Å²) in [5.74, 6) is -4.14. The second kappa shape index (κ2) is 11.5. The van der Waals surface area contributed by atoms with Crippen molar-refractivity contribution < 1.29 is 29.4 Å². The van der Waals surface area contributed by atoms with Gasteiger partial charge in [-0.15, -0.1) is 0 Å². The maximum Gasteiger partial charge on any atom is 0.322 e. The number of aliphatic carboxylic acids is 2. The van der Waals surface area contributed by atoms with E-state index in [-0.39, 0.29) is 18.8 Å². The number of rotatable bonds is 11. The minimum absolute atomic E-state index is 0.138. The monoisotopic (exact) mass is 447 g/mol. The predicted octanol–water partition coefficient (Wildman–Crippen LogP) is 4.82. The van der Waals surface area contributed by atoms with E-state index >= 15 is 0 Å². The number of nitrogens with zero attached hydrogens (tertiary/aromatic N) is 1. The molecule has 0 heterocycles. The first-order valence-corrected chi connectivity index (χ1v) is 10.5. The van der Waals surface area contributed by atoms with Crippen LogP contribution in [0.1, 0.15) is 30.4 Å². The fraction of sp³-hybridized carbons (Fsp3) is 0.192. The van der Waals surface area contributed by atoms with Crippen LogP contribution >= 0.6 is 0 Å². The summed E-state index contributed by atoms with van der Waals surface area (Å²) < 4.78 is 5.56. The van der Waals surface area contributed by atoms with E-state index in [4.69, 9.17) is 19.8 Å². The van der Waals surface area contributed by atoms with Gasteiger partial charge in [-0.25, -0.2) is 0 Å². The zero-order valence-electron chi connectivity index (χ0n) is 18.2. The summed E-state index contributed by atoms with van der Waals surface area (Å²) in [6.45, 7) is 2.34. The molecule has 3 aromatic rings. The fourth-order valence-electron chi connectivity index (χ4n) is 3.30. The van der Waals surface area contributed by atoms with Gasteiger partial charge < -0.3 is 19.8 Å². The van der Waals surface area contributed by atoms with Gasteiger partial charge in [-0.2, -0.15) is 0 Å². The highest BCUT2D eigenvalue weighted by Crippen LogP contribution is 2.22. The van der Waals surface area contributed by atoms with Gasteiger partial charge in [0.05, 0.1) is 5.71 Å². The Morgan fingerprint density at radius 2 is 1.52 bits per heavy atom. The van der Waals surface area contributed by atoms with E-state index in [0.29, 0.717) is 12.2 Å². The molecule has 170 valence electrons. The quantitative estimate of drug-likeness (QED) is 0.189. The third kappa shape index (κ3) is 6.43. The summed E-state index contributed by atoms with van der Waals surface area (Å²) in [4.78, 5) is 27.8. The average Bonchev–Trinajstić information content (AvgIpc) is 2.82. The number of ether oxygens (including phenoxy) is 1. The van der Waals surface area contributed by atoms with Crippen LogP contribution in [0.2, 0.25) is 0 Å². The molecule has 0 atom stereocenters. The SMILES string of the molecule is CCC(=NOCCOc1cccc(C(C(=O)O)C(=O)O)c1)c1ccc(-c2ccccc2)cc1. The van der Waals surface area contributed by atoms with Gasteiger partial charge in [0.1, 0.15) is 12.4 Å². The smallest absolute Gasteiger partial charge is 0.322 e. The Balaban J connectivity index is 1.55. The summed E-state index contributed by atoms with van der Waals surface area (Å²) in [5.41, 5.74) is 4.19. The Kier molecular flexibility index (Phi) is 8.18. The van der Waals surface area contributed by atoms with Crippen LogP contribution in [-0.2, 0) is 14.4 Å². The molecule has 0 aliphatic carbocycles. The van der Waals surface area contributed by atoms with Crippen molar-refractivity contribution in [1.82, 2.24) is 0 Å². The van der Waals surface area contributed by atoms with Gasteiger partial charge in [0.2, 0.25) is 0 Å². The van der Waals surface area contributed by atoms with Gasteiger partial charge in [0, 0.05) is 0 Å². The van der Waals surface area contributed by atoms with Crippen molar-refractivity contribution in [1.29, 1.82) is 0 Å². The summed E-state index contributed by atoms with van der Waals surface area (Å²) >= 11 is 0. The molecule has 0 bridgehead atoms. The normalized spacial score (nSPS) is 11.3. The number of hydrogen-bond acceptors (Lipinski definition) is 5. The van der Waals surface area contributed by atoms with Crippen LogP contribution in [0.4, 0.5) is 0 Å². The van der Waals surface area contributed by atoms with Gasteiger partial charge in [-0.1, -0.05) is 78.8 Å². The standard InChI is InChI=1S/C26H25NO6/c1-2-23(20-13-11-19(12-14-20)18-7-4-3-5-8-18)27-33-16-15-32-22-10-6-9-21(17-22)24(25(28)29)26(30)31/h3-14,17,24H,2,15-16H2,1H3,(H,28,29)(H,30,31). The molecule has 0 saturated heterocycles. The van der Waals surface area contributed by atoms with Crippen molar-refractivity contribution >= 4 is 17.7 Å². The molecule has 7 nitrogen and oxygen atoms in total. The molecule has 0 saturated carbocycles. The van der Waals surface area contributed by atoms with Crippen LogP contribution in [0.5, 0.6) is 5.75 Å². The van der Waals surface area contributed by atoms with E-state index in [9.17, 15) is 9.59 Å². The molecule has 3 aromatic carbocycles. The van der Waals surface area contributed by atoms with E-state index in [1.165, 1.54) is 12.1 Å². The third-order valence-corrected chi connectivity index (χ3v) is 4.96. The molecule has 33 heavy (non-hydrogen) atoms. The van der Waals surface area contributed by atoms with Gasteiger partial charge >= 0.3 is 11.9 Å². The number of carbonyl (C=O) groups is 2. The second-order valence-corrected chi connectivity index (χ2v) is 7.20. The van der Waals surface area contributed by atoms with E-state index in [1.54, 1.807) is 12.1 Å². The molecule has 0 unspecified atom stereocenters. The molecule has 7 heteroatoms. The molecule has 0 aliphatic rings. The van der Waals surface area contributed by atoms with Crippen molar-refractivity contribution in [3.8, 4) is 16.9 Å². The predicted molar refractivity (Wildman–Crippen MR) is 125 cm³/mol. The van der Waals surface area contributed by atoms with Crippen molar-refractivity contribution in [2.75, 3.05) is 13.2 Å². The van der Waals surface area contributed by atoms with Gasteiger partial charge in [-0.05, 0) is 40.8 Å². The minimum Gasteiger partial charge on any atom is -0.490 e. The van der Waals surface area contributed by atoms with E-state index in [0.717, 1.165) is 22.4 Å². The summed E-state index contributed by atoms with van der Waals surface area (Å²) in [6, 6.07) is 24.3. The second-order valence-electron chi connectivity index (χ2n) is 7.20. The van der Waals surface area contributed by atoms with Gasteiger partial charge in [0.15, 0.2) is 12.5 Å². The summed E-state index contributed by atoms with van der Waals surface area (Å²) in [6.07, 6.45) is 0.694. The highest BCUT2D eigenvalue weighted by molar-refractivity contribution is 6.00. The lowest BCUT2D eigenvalue weighted by molar-refractivity contribution is -0.150. The maximum absolute atomic E-state index is 11.2. The molecular weight excluding hydrogens is 422 g/mol. The Hall–Kier alpha value is -4.13. The molecule has 0 spiro atoms. The summed E-state index contributed by atoms with van der Waals surface area (Å²) in [7, 11) is 0. The lowest BCUT2D eigenvalue weighted by Crippen LogP contribution is -2.21. The van der Waals surface area contributed by atoms with Crippen molar-refractivity contribution in [2.24, 2.45) is 5.16 Å². The highest BCUT2D eigenvalue weighted by Gasteiger charge is 2.28. The number of hydrogen-bond donors (Lipinski definition) is 2. The lowest BCUT2D eigenvalue weighted by Gasteiger charge is -2.11. The first-order valence-electron chi connectivity index (χ1n) is 10.5. The third-order valence-electron chi connectivity index (χ3n) is 4.96. The maximum atomic E-state index is 11.2. The van der Waals surface area contributed by atoms with E-state index < -0.39 is 17.9 Å². The zero-order chi connectivity index (χ0) is 23.6. The van der Waals surface area contributed by atoms with Crippen LogP contribution in [0, 0.1) is 0 Å². The molecule has 3 rings (SSSR count). The first-order chi connectivity index (χ1) is 16.0. The highest BCUT2D eigenvalue weighted by atomic mass is 16.6. The zero-order valence-corrected chi connectivity index (χ0v) is 18.2.